The van der Waals surface area contributed by atoms with Gasteiger partial charge >= 0.3 is 0 Å². The highest BCUT2D eigenvalue weighted by Crippen LogP contribution is 2.25. The maximum atomic E-state index is 9.73. The lowest BCUT2D eigenvalue weighted by molar-refractivity contribution is 0.130. The molecular weight excluding hydrogens is 198 g/mol. The van der Waals surface area contributed by atoms with Crippen LogP contribution in [0.25, 0.3) is 0 Å². The first-order valence-corrected chi connectivity index (χ1v) is 6.24. The van der Waals surface area contributed by atoms with E-state index in [1.165, 1.54) is 12.0 Å². The molecule has 0 amide bonds. The minimum absolute atomic E-state index is 0.0875. The summed E-state index contributed by atoms with van der Waals surface area (Å²) in [7, 11) is 0. The number of benzene rings is 1. The monoisotopic (exact) mass is 219 g/mol. The minimum Gasteiger partial charge on any atom is -0.393 e. The minimum atomic E-state index is -0.0875. The Bertz CT molecular complexity index is 312. The molecule has 0 saturated heterocycles. The molecule has 2 heteroatoms. The second-order valence-corrected chi connectivity index (χ2v) is 4.80. The van der Waals surface area contributed by atoms with Crippen molar-refractivity contribution in [2.45, 2.75) is 38.3 Å². The first kappa shape index (κ1) is 11.6. The summed E-state index contributed by atoms with van der Waals surface area (Å²) in [6.45, 7) is 3.11. The standard InChI is InChI=1S/C14H21NO/c1-11(12-6-3-2-4-7-12)15-10-13-8-5-9-14(13)16/h2-4,6-7,11,13-16H,5,8-10H2,1H3. The van der Waals surface area contributed by atoms with Gasteiger partial charge in [-0.3, -0.25) is 0 Å². The Kier molecular flexibility index (Phi) is 3.97. The molecule has 3 atom stereocenters. The lowest BCUT2D eigenvalue weighted by Crippen LogP contribution is -2.29. The molecule has 2 N–H and O–H groups in total. The Labute approximate surface area is 97.7 Å². The summed E-state index contributed by atoms with van der Waals surface area (Å²) < 4.78 is 0. The maximum absolute atomic E-state index is 9.73. The predicted octanol–water partition coefficient (Wildman–Crippen LogP) is 2.50. The molecule has 2 rings (SSSR count). The average Bonchev–Trinajstić information content (AvgIpc) is 2.73. The van der Waals surface area contributed by atoms with E-state index in [9.17, 15) is 5.11 Å². The fourth-order valence-electron chi connectivity index (χ4n) is 2.44. The number of hydrogen-bond donors (Lipinski definition) is 2. The summed E-state index contributed by atoms with van der Waals surface area (Å²) in [5.74, 6) is 0.450. The Morgan fingerprint density at radius 3 is 2.69 bits per heavy atom. The SMILES string of the molecule is CC(NCC1CCCC1O)c1ccccc1. The maximum Gasteiger partial charge on any atom is 0.0580 e. The van der Waals surface area contributed by atoms with Gasteiger partial charge in [-0.05, 0) is 31.2 Å². The largest absolute Gasteiger partial charge is 0.393 e. The lowest BCUT2D eigenvalue weighted by Gasteiger charge is -2.19. The van der Waals surface area contributed by atoms with Crippen molar-refractivity contribution in [3.05, 3.63) is 35.9 Å². The molecule has 0 spiro atoms. The number of aliphatic hydroxyl groups excluding tert-OH is 1. The van der Waals surface area contributed by atoms with E-state index in [0.29, 0.717) is 12.0 Å². The van der Waals surface area contributed by atoms with Crippen LogP contribution in [-0.4, -0.2) is 17.8 Å². The van der Waals surface area contributed by atoms with E-state index in [4.69, 9.17) is 0 Å². The van der Waals surface area contributed by atoms with Gasteiger partial charge in [-0.25, -0.2) is 0 Å². The van der Waals surface area contributed by atoms with Crippen molar-refractivity contribution in [2.24, 2.45) is 5.92 Å². The number of aliphatic hydroxyl groups is 1. The van der Waals surface area contributed by atoms with Gasteiger partial charge < -0.3 is 10.4 Å². The molecule has 1 aliphatic rings. The zero-order valence-electron chi connectivity index (χ0n) is 9.89. The highest BCUT2D eigenvalue weighted by Gasteiger charge is 2.25. The van der Waals surface area contributed by atoms with E-state index in [-0.39, 0.29) is 6.10 Å². The fraction of sp³-hybridized carbons (Fsp3) is 0.571. The van der Waals surface area contributed by atoms with Gasteiger partial charge in [0.2, 0.25) is 0 Å². The Hall–Kier alpha value is -0.860. The molecule has 0 heterocycles. The van der Waals surface area contributed by atoms with Crippen molar-refractivity contribution in [1.29, 1.82) is 0 Å². The van der Waals surface area contributed by atoms with Gasteiger partial charge in [0.25, 0.3) is 0 Å². The highest BCUT2D eigenvalue weighted by molar-refractivity contribution is 5.18. The van der Waals surface area contributed by atoms with Gasteiger partial charge in [0, 0.05) is 12.6 Å². The third kappa shape index (κ3) is 2.83. The Balaban J connectivity index is 1.82. The number of nitrogens with one attached hydrogen (secondary N) is 1. The van der Waals surface area contributed by atoms with Crippen molar-refractivity contribution >= 4 is 0 Å². The molecule has 3 unspecified atom stereocenters. The smallest absolute Gasteiger partial charge is 0.0580 e. The van der Waals surface area contributed by atoms with Gasteiger partial charge in [-0.15, -0.1) is 0 Å². The molecule has 0 radical (unpaired) electrons. The quantitative estimate of drug-likeness (QED) is 0.815. The molecule has 2 nitrogen and oxygen atoms in total. The van der Waals surface area contributed by atoms with E-state index in [2.05, 4.69) is 36.5 Å². The van der Waals surface area contributed by atoms with Crippen LogP contribution >= 0.6 is 0 Å². The van der Waals surface area contributed by atoms with Crippen molar-refractivity contribution < 1.29 is 5.11 Å². The van der Waals surface area contributed by atoms with Gasteiger partial charge in [-0.1, -0.05) is 36.8 Å². The molecule has 1 fully saturated rings. The van der Waals surface area contributed by atoms with Gasteiger partial charge in [0.15, 0.2) is 0 Å². The van der Waals surface area contributed by atoms with Gasteiger partial charge in [0.05, 0.1) is 6.10 Å². The van der Waals surface area contributed by atoms with Crippen molar-refractivity contribution in [2.75, 3.05) is 6.54 Å². The average molecular weight is 219 g/mol. The third-order valence-electron chi connectivity index (χ3n) is 3.60. The van der Waals surface area contributed by atoms with Crippen molar-refractivity contribution in [1.82, 2.24) is 5.32 Å². The molecule has 16 heavy (non-hydrogen) atoms. The van der Waals surface area contributed by atoms with Crippen LogP contribution in [0.4, 0.5) is 0 Å². The summed E-state index contributed by atoms with van der Waals surface area (Å²) in [6.07, 6.45) is 3.23. The predicted molar refractivity (Wildman–Crippen MR) is 66.2 cm³/mol. The van der Waals surface area contributed by atoms with Crippen LogP contribution < -0.4 is 5.32 Å². The topological polar surface area (TPSA) is 32.3 Å². The van der Waals surface area contributed by atoms with Crippen LogP contribution in [0.5, 0.6) is 0 Å². The number of hydrogen-bond acceptors (Lipinski definition) is 2. The molecule has 1 saturated carbocycles. The molecule has 0 aliphatic heterocycles. The van der Waals surface area contributed by atoms with E-state index in [1.807, 2.05) is 6.07 Å². The third-order valence-corrected chi connectivity index (χ3v) is 3.60. The molecule has 88 valence electrons. The van der Waals surface area contributed by atoms with E-state index in [0.717, 1.165) is 19.4 Å². The molecule has 1 aliphatic carbocycles. The van der Waals surface area contributed by atoms with E-state index >= 15 is 0 Å². The first-order chi connectivity index (χ1) is 7.77. The van der Waals surface area contributed by atoms with Crippen LogP contribution in [0.1, 0.15) is 37.8 Å². The zero-order valence-corrected chi connectivity index (χ0v) is 9.89. The van der Waals surface area contributed by atoms with Crippen LogP contribution in [0.3, 0.4) is 0 Å². The molecular formula is C14H21NO. The summed E-state index contributed by atoms with van der Waals surface area (Å²) in [5.41, 5.74) is 1.31. The zero-order chi connectivity index (χ0) is 11.4. The molecule has 0 bridgehead atoms. The van der Waals surface area contributed by atoms with Crippen LogP contribution in [0.15, 0.2) is 30.3 Å². The molecule has 1 aromatic carbocycles. The highest BCUT2D eigenvalue weighted by atomic mass is 16.3. The molecule has 0 aromatic heterocycles. The second kappa shape index (κ2) is 5.46. The fourth-order valence-corrected chi connectivity index (χ4v) is 2.44. The van der Waals surface area contributed by atoms with Gasteiger partial charge in [0.1, 0.15) is 0 Å². The Morgan fingerprint density at radius 1 is 1.31 bits per heavy atom. The van der Waals surface area contributed by atoms with E-state index < -0.39 is 0 Å². The summed E-state index contributed by atoms with van der Waals surface area (Å²) in [6, 6.07) is 10.8. The molecule has 1 aromatic rings. The summed E-state index contributed by atoms with van der Waals surface area (Å²) in [4.78, 5) is 0. The van der Waals surface area contributed by atoms with Crippen LogP contribution in [-0.2, 0) is 0 Å². The normalized spacial score (nSPS) is 26.9. The van der Waals surface area contributed by atoms with Crippen molar-refractivity contribution in [3.63, 3.8) is 0 Å². The summed E-state index contributed by atoms with van der Waals surface area (Å²) >= 11 is 0. The van der Waals surface area contributed by atoms with Crippen molar-refractivity contribution in [3.8, 4) is 0 Å². The number of rotatable bonds is 4. The van der Waals surface area contributed by atoms with E-state index in [1.54, 1.807) is 0 Å². The second-order valence-electron chi connectivity index (χ2n) is 4.80. The van der Waals surface area contributed by atoms with Gasteiger partial charge in [-0.2, -0.15) is 0 Å². The lowest BCUT2D eigenvalue weighted by atomic mass is 10.0. The summed E-state index contributed by atoms with van der Waals surface area (Å²) in [5, 5.41) is 13.2. The van der Waals surface area contributed by atoms with Crippen LogP contribution in [0.2, 0.25) is 0 Å². The van der Waals surface area contributed by atoms with Crippen LogP contribution in [0, 0.1) is 5.92 Å². The Morgan fingerprint density at radius 2 is 2.06 bits per heavy atom. The first-order valence-electron chi connectivity index (χ1n) is 6.24.